The van der Waals surface area contributed by atoms with E-state index in [4.69, 9.17) is 23.2 Å². The van der Waals surface area contributed by atoms with Crippen molar-refractivity contribution in [3.8, 4) is 0 Å². The van der Waals surface area contributed by atoms with Crippen LogP contribution in [0.1, 0.15) is 17.2 Å². The first kappa shape index (κ1) is 14.9. The van der Waals surface area contributed by atoms with Gasteiger partial charge >= 0.3 is 5.97 Å². The Morgan fingerprint density at radius 3 is 2.45 bits per heavy atom. The van der Waals surface area contributed by atoms with Crippen LogP contribution < -0.4 is 5.32 Å². The van der Waals surface area contributed by atoms with E-state index in [9.17, 15) is 9.90 Å². The minimum Gasteiger partial charge on any atom is -0.480 e. The molecule has 0 bridgehead atoms. The summed E-state index contributed by atoms with van der Waals surface area (Å²) in [4.78, 5) is 11.4. The molecule has 0 saturated carbocycles. The van der Waals surface area contributed by atoms with Gasteiger partial charge in [-0.25, -0.2) is 0 Å². The molecule has 2 aromatic carbocycles. The van der Waals surface area contributed by atoms with Gasteiger partial charge in [-0.2, -0.15) is 0 Å². The Morgan fingerprint density at radius 2 is 1.85 bits per heavy atom. The van der Waals surface area contributed by atoms with Gasteiger partial charge in [-0.15, -0.1) is 0 Å². The summed E-state index contributed by atoms with van der Waals surface area (Å²) in [6.07, 6.45) is 0. The standard InChI is InChI=1S/C15H13Cl2NO2/c16-11-6-7-12(13(17)8-11)14(15(19)20)18-9-10-4-2-1-3-5-10/h1-8,14,18H,9H2,(H,19,20). The summed E-state index contributed by atoms with van der Waals surface area (Å²) >= 11 is 11.9. The van der Waals surface area contributed by atoms with Crippen LogP contribution in [0.3, 0.4) is 0 Å². The van der Waals surface area contributed by atoms with Crippen LogP contribution in [-0.2, 0) is 11.3 Å². The topological polar surface area (TPSA) is 49.3 Å². The molecular weight excluding hydrogens is 297 g/mol. The fourth-order valence-corrected chi connectivity index (χ4v) is 2.40. The van der Waals surface area contributed by atoms with Gasteiger partial charge in [0.25, 0.3) is 0 Å². The molecule has 2 aromatic rings. The normalized spacial score (nSPS) is 12.1. The van der Waals surface area contributed by atoms with E-state index >= 15 is 0 Å². The predicted octanol–water partition coefficient (Wildman–Crippen LogP) is 3.91. The lowest BCUT2D eigenvalue weighted by atomic mass is 10.1. The Balaban J connectivity index is 2.17. The van der Waals surface area contributed by atoms with Crippen LogP contribution in [-0.4, -0.2) is 11.1 Å². The highest BCUT2D eigenvalue weighted by molar-refractivity contribution is 6.35. The first-order valence-corrected chi connectivity index (χ1v) is 6.78. The predicted molar refractivity (Wildman–Crippen MR) is 80.1 cm³/mol. The van der Waals surface area contributed by atoms with Gasteiger partial charge in [0, 0.05) is 16.6 Å². The quantitative estimate of drug-likeness (QED) is 0.880. The molecule has 0 saturated heterocycles. The highest BCUT2D eigenvalue weighted by Gasteiger charge is 2.21. The maximum Gasteiger partial charge on any atom is 0.325 e. The highest BCUT2D eigenvalue weighted by Crippen LogP contribution is 2.26. The third-order valence-electron chi connectivity index (χ3n) is 2.87. The number of hydrogen-bond acceptors (Lipinski definition) is 2. The molecular formula is C15H13Cl2NO2. The van der Waals surface area contributed by atoms with Gasteiger partial charge in [-0.05, 0) is 23.3 Å². The average Bonchev–Trinajstić information content (AvgIpc) is 2.42. The number of carbonyl (C=O) groups is 1. The van der Waals surface area contributed by atoms with Gasteiger partial charge in [0.1, 0.15) is 6.04 Å². The fraction of sp³-hybridized carbons (Fsp3) is 0.133. The number of hydrogen-bond donors (Lipinski definition) is 2. The largest absolute Gasteiger partial charge is 0.480 e. The Morgan fingerprint density at radius 1 is 1.15 bits per heavy atom. The summed E-state index contributed by atoms with van der Waals surface area (Å²) in [6, 6.07) is 13.5. The Hall–Kier alpha value is -1.55. The van der Waals surface area contributed by atoms with E-state index < -0.39 is 12.0 Å². The van der Waals surface area contributed by atoms with Crippen molar-refractivity contribution in [2.45, 2.75) is 12.6 Å². The Labute approximate surface area is 127 Å². The van der Waals surface area contributed by atoms with E-state index in [1.807, 2.05) is 30.3 Å². The molecule has 0 aliphatic carbocycles. The van der Waals surface area contributed by atoms with Gasteiger partial charge in [-0.3, -0.25) is 10.1 Å². The highest BCUT2D eigenvalue weighted by atomic mass is 35.5. The minimum absolute atomic E-state index is 0.338. The number of aliphatic carboxylic acids is 1. The van der Waals surface area contributed by atoms with Gasteiger partial charge in [-0.1, -0.05) is 59.6 Å². The van der Waals surface area contributed by atoms with Crippen LogP contribution in [0, 0.1) is 0 Å². The molecule has 0 amide bonds. The molecule has 1 atom stereocenters. The van der Waals surface area contributed by atoms with Crippen molar-refractivity contribution in [1.82, 2.24) is 5.32 Å². The molecule has 3 nitrogen and oxygen atoms in total. The van der Waals surface area contributed by atoms with E-state index in [1.54, 1.807) is 18.2 Å². The maximum absolute atomic E-state index is 11.4. The van der Waals surface area contributed by atoms with Gasteiger partial charge < -0.3 is 5.11 Å². The lowest BCUT2D eigenvalue weighted by Crippen LogP contribution is -2.28. The number of carboxylic acids is 1. The van der Waals surface area contributed by atoms with Crippen LogP contribution in [0.25, 0.3) is 0 Å². The Kier molecular flexibility index (Phi) is 5.01. The third-order valence-corrected chi connectivity index (χ3v) is 3.44. The summed E-state index contributed by atoms with van der Waals surface area (Å²) in [5.41, 5.74) is 1.50. The van der Waals surface area contributed by atoms with Gasteiger partial charge in [0.05, 0.1) is 0 Å². The molecule has 0 aliphatic rings. The van der Waals surface area contributed by atoms with Gasteiger partial charge in [0.2, 0.25) is 0 Å². The van der Waals surface area contributed by atoms with Crippen molar-refractivity contribution in [1.29, 1.82) is 0 Å². The maximum atomic E-state index is 11.4. The molecule has 0 radical (unpaired) electrons. The molecule has 20 heavy (non-hydrogen) atoms. The molecule has 104 valence electrons. The second kappa shape index (κ2) is 6.75. The first-order chi connectivity index (χ1) is 9.58. The third kappa shape index (κ3) is 3.73. The second-order valence-electron chi connectivity index (χ2n) is 4.30. The van der Waals surface area contributed by atoms with E-state index in [2.05, 4.69) is 5.32 Å². The van der Waals surface area contributed by atoms with Crippen LogP contribution in [0.15, 0.2) is 48.5 Å². The van der Waals surface area contributed by atoms with Crippen LogP contribution in [0.4, 0.5) is 0 Å². The smallest absolute Gasteiger partial charge is 0.325 e. The lowest BCUT2D eigenvalue weighted by molar-refractivity contribution is -0.139. The van der Waals surface area contributed by atoms with Crippen LogP contribution >= 0.6 is 23.2 Å². The molecule has 0 fully saturated rings. The second-order valence-corrected chi connectivity index (χ2v) is 5.15. The summed E-state index contributed by atoms with van der Waals surface area (Å²) in [5, 5.41) is 13.1. The number of halogens is 2. The average molecular weight is 310 g/mol. The van der Waals surface area contributed by atoms with Crippen molar-refractivity contribution in [3.05, 3.63) is 69.7 Å². The molecule has 5 heteroatoms. The number of benzene rings is 2. The van der Waals surface area contributed by atoms with E-state index in [0.29, 0.717) is 22.2 Å². The molecule has 0 aromatic heterocycles. The molecule has 2 N–H and O–H groups in total. The fourth-order valence-electron chi connectivity index (χ4n) is 1.88. The molecule has 0 aliphatic heterocycles. The number of rotatable bonds is 5. The number of carboxylic acid groups (broad SMARTS) is 1. The zero-order valence-corrected chi connectivity index (χ0v) is 12.0. The Bertz CT molecular complexity index is 602. The van der Waals surface area contributed by atoms with E-state index in [1.165, 1.54) is 0 Å². The van der Waals surface area contributed by atoms with Crippen LogP contribution in [0.2, 0.25) is 10.0 Å². The molecule has 0 spiro atoms. The molecule has 1 unspecified atom stereocenters. The van der Waals surface area contributed by atoms with Gasteiger partial charge in [0.15, 0.2) is 0 Å². The zero-order valence-electron chi connectivity index (χ0n) is 10.5. The summed E-state index contributed by atoms with van der Waals surface area (Å²) in [7, 11) is 0. The van der Waals surface area contributed by atoms with E-state index in [0.717, 1.165) is 5.56 Å². The van der Waals surface area contributed by atoms with E-state index in [-0.39, 0.29) is 0 Å². The molecule has 2 rings (SSSR count). The summed E-state index contributed by atoms with van der Waals surface area (Å²) < 4.78 is 0. The summed E-state index contributed by atoms with van der Waals surface area (Å²) in [6.45, 7) is 0.441. The SMILES string of the molecule is O=C(O)C(NCc1ccccc1)c1ccc(Cl)cc1Cl. The van der Waals surface area contributed by atoms with Crippen LogP contribution in [0.5, 0.6) is 0 Å². The monoisotopic (exact) mass is 309 g/mol. The summed E-state index contributed by atoms with van der Waals surface area (Å²) in [5.74, 6) is -0.981. The van der Waals surface area contributed by atoms with Crippen molar-refractivity contribution in [2.24, 2.45) is 0 Å². The molecule has 0 heterocycles. The lowest BCUT2D eigenvalue weighted by Gasteiger charge is -2.16. The van der Waals surface area contributed by atoms with Crippen molar-refractivity contribution in [2.75, 3.05) is 0 Å². The first-order valence-electron chi connectivity index (χ1n) is 6.03. The van der Waals surface area contributed by atoms with Crippen molar-refractivity contribution in [3.63, 3.8) is 0 Å². The van der Waals surface area contributed by atoms with Crippen molar-refractivity contribution < 1.29 is 9.90 Å². The number of nitrogens with one attached hydrogen (secondary N) is 1. The zero-order chi connectivity index (χ0) is 14.5. The van der Waals surface area contributed by atoms with Crippen molar-refractivity contribution >= 4 is 29.2 Å². The minimum atomic E-state index is -0.981.